The molecular formula is C16H31N. The van der Waals surface area contributed by atoms with E-state index in [4.69, 9.17) is 0 Å². The highest BCUT2D eigenvalue weighted by atomic mass is 14.9. The number of nitrogens with one attached hydrogen (secondary N) is 1. The Hall–Kier alpha value is -0.0400. The Bertz CT molecular complexity index is 212. The highest BCUT2D eigenvalue weighted by Crippen LogP contribution is 2.45. The van der Waals surface area contributed by atoms with Gasteiger partial charge in [0.1, 0.15) is 0 Å². The van der Waals surface area contributed by atoms with Crippen molar-refractivity contribution in [2.24, 2.45) is 11.3 Å². The van der Waals surface area contributed by atoms with Gasteiger partial charge in [0, 0.05) is 6.04 Å². The zero-order valence-corrected chi connectivity index (χ0v) is 11.9. The van der Waals surface area contributed by atoms with Crippen molar-refractivity contribution < 1.29 is 0 Å². The maximum Gasteiger partial charge on any atom is 0.0149 e. The Morgan fingerprint density at radius 3 is 2.29 bits per heavy atom. The van der Waals surface area contributed by atoms with E-state index in [-0.39, 0.29) is 0 Å². The largest absolute Gasteiger partial charge is 0.313 e. The van der Waals surface area contributed by atoms with E-state index in [1.807, 2.05) is 0 Å². The minimum absolute atomic E-state index is 0.608. The summed E-state index contributed by atoms with van der Waals surface area (Å²) in [7, 11) is 0. The smallest absolute Gasteiger partial charge is 0.0149 e. The van der Waals surface area contributed by atoms with Crippen LogP contribution in [0, 0.1) is 11.3 Å². The van der Waals surface area contributed by atoms with Crippen LogP contribution in [0.3, 0.4) is 0 Å². The number of hydrogen-bond donors (Lipinski definition) is 1. The van der Waals surface area contributed by atoms with E-state index >= 15 is 0 Å². The number of rotatable bonds is 5. The van der Waals surface area contributed by atoms with Crippen LogP contribution in [0.5, 0.6) is 0 Å². The summed E-state index contributed by atoms with van der Waals surface area (Å²) in [6.07, 6.45) is 14.5. The van der Waals surface area contributed by atoms with Gasteiger partial charge in [0.25, 0.3) is 0 Å². The lowest BCUT2D eigenvalue weighted by atomic mass is 9.70. The van der Waals surface area contributed by atoms with Crippen LogP contribution in [0.1, 0.15) is 78.1 Å². The summed E-state index contributed by atoms with van der Waals surface area (Å²) in [4.78, 5) is 0. The lowest BCUT2D eigenvalue weighted by Crippen LogP contribution is -2.48. The third-order valence-electron chi connectivity index (χ3n) is 5.23. The maximum absolute atomic E-state index is 3.92. The van der Waals surface area contributed by atoms with Gasteiger partial charge in [-0.05, 0) is 50.0 Å². The summed E-state index contributed by atoms with van der Waals surface area (Å²) in [6, 6.07) is 0.810. The van der Waals surface area contributed by atoms with Crippen LogP contribution in [-0.4, -0.2) is 12.6 Å². The second-order valence-electron chi connectivity index (χ2n) is 6.69. The van der Waals surface area contributed by atoms with E-state index in [2.05, 4.69) is 19.2 Å². The average molecular weight is 237 g/mol. The highest BCUT2D eigenvalue weighted by Gasteiger charge is 2.40. The monoisotopic (exact) mass is 237 g/mol. The Balaban J connectivity index is 2.00. The minimum atomic E-state index is 0.608. The second-order valence-corrected chi connectivity index (χ2v) is 6.69. The molecule has 1 N–H and O–H groups in total. The molecule has 0 aromatic carbocycles. The Kier molecular flexibility index (Phi) is 4.90. The van der Waals surface area contributed by atoms with Crippen LogP contribution in [0.2, 0.25) is 0 Å². The highest BCUT2D eigenvalue weighted by molar-refractivity contribution is 4.95. The van der Waals surface area contributed by atoms with E-state index in [1.54, 1.807) is 0 Å². The molecule has 2 rings (SSSR count). The first-order chi connectivity index (χ1) is 8.26. The van der Waals surface area contributed by atoms with Gasteiger partial charge in [-0.1, -0.05) is 46.0 Å². The average Bonchev–Trinajstić information content (AvgIpc) is 2.79. The van der Waals surface area contributed by atoms with E-state index in [1.165, 1.54) is 70.8 Å². The zero-order chi connectivity index (χ0) is 12.1. The van der Waals surface area contributed by atoms with Crippen molar-refractivity contribution >= 4 is 0 Å². The first kappa shape index (κ1) is 13.4. The maximum atomic E-state index is 3.92. The third kappa shape index (κ3) is 3.24. The van der Waals surface area contributed by atoms with Crippen LogP contribution in [0.15, 0.2) is 0 Å². The zero-order valence-electron chi connectivity index (χ0n) is 11.9. The Morgan fingerprint density at radius 2 is 1.71 bits per heavy atom. The van der Waals surface area contributed by atoms with Crippen molar-refractivity contribution in [3.63, 3.8) is 0 Å². The molecule has 0 aromatic heterocycles. The fraction of sp³-hybridized carbons (Fsp3) is 1.00. The van der Waals surface area contributed by atoms with Gasteiger partial charge in [0.2, 0.25) is 0 Å². The van der Waals surface area contributed by atoms with Crippen LogP contribution in [0.25, 0.3) is 0 Å². The minimum Gasteiger partial charge on any atom is -0.313 e. The molecule has 0 bridgehead atoms. The van der Waals surface area contributed by atoms with Gasteiger partial charge < -0.3 is 5.32 Å². The molecule has 2 aliphatic carbocycles. The van der Waals surface area contributed by atoms with E-state index < -0.39 is 0 Å². The second kappa shape index (κ2) is 6.22. The van der Waals surface area contributed by atoms with Gasteiger partial charge in [0.15, 0.2) is 0 Å². The van der Waals surface area contributed by atoms with Gasteiger partial charge in [-0.15, -0.1) is 0 Å². The summed E-state index contributed by atoms with van der Waals surface area (Å²) in [6.45, 7) is 6.07. The van der Waals surface area contributed by atoms with Crippen LogP contribution in [0.4, 0.5) is 0 Å². The van der Waals surface area contributed by atoms with Crippen LogP contribution >= 0.6 is 0 Å². The summed E-state index contributed by atoms with van der Waals surface area (Å²) >= 11 is 0. The molecule has 1 unspecified atom stereocenters. The molecule has 1 atom stereocenters. The molecule has 0 heterocycles. The van der Waals surface area contributed by atoms with Crippen LogP contribution < -0.4 is 5.32 Å². The van der Waals surface area contributed by atoms with Crippen molar-refractivity contribution in [1.82, 2.24) is 5.32 Å². The fourth-order valence-electron chi connectivity index (χ4n) is 4.24. The third-order valence-corrected chi connectivity index (χ3v) is 5.23. The molecule has 0 spiro atoms. The quantitative estimate of drug-likeness (QED) is 0.741. The van der Waals surface area contributed by atoms with Crippen molar-refractivity contribution in [1.29, 1.82) is 0 Å². The number of hydrogen-bond acceptors (Lipinski definition) is 1. The molecule has 0 aromatic rings. The van der Waals surface area contributed by atoms with Gasteiger partial charge in [-0.2, -0.15) is 0 Å². The van der Waals surface area contributed by atoms with Gasteiger partial charge in [0.05, 0.1) is 0 Å². The predicted molar refractivity (Wildman–Crippen MR) is 75.2 cm³/mol. The summed E-state index contributed by atoms with van der Waals surface area (Å²) in [5.74, 6) is 0.971. The predicted octanol–water partition coefficient (Wildman–Crippen LogP) is 4.52. The topological polar surface area (TPSA) is 12.0 Å². The molecule has 100 valence electrons. The molecule has 0 saturated heterocycles. The standard InChI is InChI=1S/C16H31N/c1-3-13-17-15(14-9-5-4-6-10-14)16(2)11-7-8-12-16/h14-15,17H,3-13H2,1-2H3. The summed E-state index contributed by atoms with van der Waals surface area (Å²) in [5.41, 5.74) is 0.608. The first-order valence-electron chi connectivity index (χ1n) is 7.99. The fourth-order valence-corrected chi connectivity index (χ4v) is 4.24. The lowest BCUT2D eigenvalue weighted by Gasteiger charge is -2.42. The molecule has 2 fully saturated rings. The van der Waals surface area contributed by atoms with E-state index in [0.717, 1.165) is 12.0 Å². The van der Waals surface area contributed by atoms with Crippen molar-refractivity contribution in [2.45, 2.75) is 84.1 Å². The van der Waals surface area contributed by atoms with E-state index in [9.17, 15) is 0 Å². The summed E-state index contributed by atoms with van der Waals surface area (Å²) < 4.78 is 0. The SMILES string of the molecule is CCCNC(C1CCCCC1)C1(C)CCCC1. The Morgan fingerprint density at radius 1 is 1.06 bits per heavy atom. The Labute approximate surface area is 108 Å². The van der Waals surface area contributed by atoms with Crippen molar-refractivity contribution in [3.05, 3.63) is 0 Å². The van der Waals surface area contributed by atoms with Crippen LogP contribution in [-0.2, 0) is 0 Å². The molecule has 0 amide bonds. The van der Waals surface area contributed by atoms with Gasteiger partial charge in [-0.25, -0.2) is 0 Å². The van der Waals surface area contributed by atoms with Crippen molar-refractivity contribution in [3.8, 4) is 0 Å². The summed E-state index contributed by atoms with van der Waals surface area (Å²) in [5, 5.41) is 3.92. The molecule has 1 heteroatoms. The van der Waals surface area contributed by atoms with Gasteiger partial charge in [-0.3, -0.25) is 0 Å². The molecule has 17 heavy (non-hydrogen) atoms. The molecule has 1 nitrogen and oxygen atoms in total. The van der Waals surface area contributed by atoms with E-state index in [0.29, 0.717) is 5.41 Å². The molecule has 2 aliphatic rings. The first-order valence-corrected chi connectivity index (χ1v) is 7.99. The molecule has 2 saturated carbocycles. The molecular weight excluding hydrogens is 206 g/mol. The lowest BCUT2D eigenvalue weighted by molar-refractivity contribution is 0.131. The van der Waals surface area contributed by atoms with Crippen molar-refractivity contribution in [2.75, 3.05) is 6.54 Å². The molecule has 0 aliphatic heterocycles. The van der Waals surface area contributed by atoms with Gasteiger partial charge >= 0.3 is 0 Å². The normalized spacial score (nSPS) is 27.2. The molecule has 0 radical (unpaired) electrons.